The predicted octanol–water partition coefficient (Wildman–Crippen LogP) is 2.32. The summed E-state index contributed by atoms with van der Waals surface area (Å²) in [5.74, 6) is 0. The monoisotopic (exact) mass is 427 g/mol. The molecule has 0 unspecified atom stereocenters. The lowest BCUT2D eigenvalue weighted by molar-refractivity contribution is 0.142. The molecule has 152 valence electrons. The van der Waals surface area contributed by atoms with Gasteiger partial charge in [-0.25, -0.2) is 0 Å². The second-order valence-electron chi connectivity index (χ2n) is 7.43. The van der Waals surface area contributed by atoms with E-state index in [2.05, 4.69) is 39.3 Å². The van der Waals surface area contributed by atoms with E-state index in [1.807, 2.05) is 0 Å². The van der Waals surface area contributed by atoms with E-state index in [9.17, 15) is 0 Å². The van der Waals surface area contributed by atoms with Crippen molar-refractivity contribution in [3.05, 3.63) is 0 Å². The maximum absolute atomic E-state index is 6.42. The molecule has 0 radical (unpaired) electrons. The lowest BCUT2D eigenvalue weighted by Gasteiger charge is -2.59. The molecule has 0 rings (SSSR count). The van der Waals surface area contributed by atoms with Crippen LogP contribution >= 0.6 is 0 Å². The van der Waals surface area contributed by atoms with Crippen LogP contribution < -0.4 is 0 Å². The van der Waals surface area contributed by atoms with Crippen molar-refractivity contribution in [1.82, 2.24) is 0 Å². The van der Waals surface area contributed by atoms with Crippen LogP contribution in [0.25, 0.3) is 0 Å². The average Bonchev–Trinajstić information content (AvgIpc) is 2.46. The lowest BCUT2D eigenvalue weighted by Crippen LogP contribution is -2.76. The summed E-state index contributed by atoms with van der Waals surface area (Å²) in [5.41, 5.74) is 0. The molecule has 0 aliphatic carbocycles. The summed E-state index contributed by atoms with van der Waals surface area (Å²) >= 11 is 0. The summed E-state index contributed by atoms with van der Waals surface area (Å²) in [5, 5.41) is 0. The van der Waals surface area contributed by atoms with Crippen molar-refractivity contribution in [1.29, 1.82) is 0 Å². The van der Waals surface area contributed by atoms with E-state index >= 15 is 0 Å². The molecule has 0 N–H and O–H groups in total. The Morgan fingerprint density at radius 3 is 0.920 bits per heavy atom. The number of rotatable bonds is 15. The van der Waals surface area contributed by atoms with Crippen molar-refractivity contribution >= 4 is 30.9 Å². The zero-order chi connectivity index (χ0) is 19.6. The van der Waals surface area contributed by atoms with E-state index in [-0.39, 0.29) is 0 Å². The first-order chi connectivity index (χ1) is 11.5. The highest BCUT2D eigenvalue weighted by atomic mass is 29.9. The second kappa shape index (κ2) is 12.2. The van der Waals surface area contributed by atoms with Gasteiger partial charge in [0.1, 0.15) is 0 Å². The first-order valence-corrected chi connectivity index (χ1v) is 22.0. The molecular formula is C15H39O6Si4-. The second-order valence-corrected chi connectivity index (χ2v) is 37.9. The third-order valence-corrected chi connectivity index (χ3v) is 55.1. The normalized spacial score (nSPS) is 13.7. The molecule has 0 heterocycles. The van der Waals surface area contributed by atoms with Gasteiger partial charge in [0.15, 0.2) is 0 Å². The highest BCUT2D eigenvalue weighted by molar-refractivity contribution is 7.79. The quantitative estimate of drug-likeness (QED) is 0.295. The Bertz CT molecular complexity index is 303. The largest absolute Gasteiger partial charge is 0.451 e. The maximum Gasteiger partial charge on any atom is 0.0682 e. The minimum atomic E-state index is -1.95. The van der Waals surface area contributed by atoms with Gasteiger partial charge in [-0.15, -0.1) is 0 Å². The molecule has 0 saturated carbocycles. The molecule has 0 aromatic heterocycles. The van der Waals surface area contributed by atoms with Gasteiger partial charge >= 0.3 is 0 Å². The van der Waals surface area contributed by atoms with Gasteiger partial charge in [-0.1, -0.05) is 39.3 Å². The fraction of sp³-hybridized carbons (Fsp3) is 1.00. The van der Waals surface area contributed by atoms with E-state index in [4.69, 9.17) is 27.5 Å². The summed E-state index contributed by atoms with van der Waals surface area (Å²) in [6.45, 7) is 17.8. The van der Waals surface area contributed by atoms with Crippen LogP contribution in [0.3, 0.4) is 0 Å². The Morgan fingerprint density at radius 2 is 0.720 bits per heavy atom. The first kappa shape index (κ1) is 25.6. The minimum Gasteiger partial charge on any atom is -0.451 e. The number of hydrogen-bond acceptors (Lipinski definition) is 6. The Kier molecular flexibility index (Phi) is 12.5. The molecule has 0 aliphatic heterocycles. The summed E-state index contributed by atoms with van der Waals surface area (Å²) < 4.78 is 34.8. The third-order valence-electron chi connectivity index (χ3n) is 4.06. The number of hydrogen-bond donors (Lipinski definition) is 0. The van der Waals surface area contributed by atoms with E-state index in [1.54, 1.807) is 21.3 Å². The van der Waals surface area contributed by atoms with Crippen molar-refractivity contribution in [2.45, 2.75) is 39.3 Å². The molecule has 0 aliphatic rings. The van der Waals surface area contributed by atoms with Crippen molar-refractivity contribution < 1.29 is 27.5 Å². The van der Waals surface area contributed by atoms with Gasteiger partial charge in [0, 0.05) is 44.8 Å². The smallest absolute Gasteiger partial charge is 0.0682 e. The Morgan fingerprint density at radius 1 is 0.480 bits per heavy atom. The van der Waals surface area contributed by atoms with Crippen molar-refractivity contribution in [2.75, 3.05) is 61.0 Å². The number of ether oxygens (including phenoxy) is 3. The molecule has 10 heteroatoms. The van der Waals surface area contributed by atoms with E-state index < -0.39 is 30.9 Å². The van der Waals surface area contributed by atoms with Gasteiger partial charge in [-0.2, -0.15) is 7.35 Å². The lowest BCUT2D eigenvalue weighted by atomic mass is 10.8. The molecule has 6 nitrogen and oxygen atoms in total. The minimum absolute atomic E-state index is 0.630. The molecule has 0 bridgehead atoms. The summed E-state index contributed by atoms with van der Waals surface area (Å²) in [4.78, 5) is 0. The summed E-state index contributed by atoms with van der Waals surface area (Å²) in [6.07, 6.45) is 0. The summed E-state index contributed by atoms with van der Waals surface area (Å²) in [7, 11) is -1.64. The zero-order valence-corrected chi connectivity index (χ0v) is 21.7. The van der Waals surface area contributed by atoms with Crippen LogP contribution in [0.5, 0.6) is 0 Å². The molecule has 0 aromatic rings. The van der Waals surface area contributed by atoms with Crippen molar-refractivity contribution in [3.8, 4) is 0 Å². The molecule has 0 saturated heterocycles. The van der Waals surface area contributed by atoms with Crippen LogP contribution in [0.4, 0.5) is 0 Å². The predicted molar refractivity (Wildman–Crippen MR) is 112 cm³/mol. The topological polar surface area (TPSA) is 55.4 Å². The van der Waals surface area contributed by atoms with Gasteiger partial charge in [-0.3, -0.25) is 0 Å². The fourth-order valence-corrected chi connectivity index (χ4v) is 68.4. The van der Waals surface area contributed by atoms with Crippen LogP contribution in [0.1, 0.15) is 0 Å². The maximum atomic E-state index is 6.42. The standard InChI is InChI=1S/C15H39O6Si4/c1-16-10-13-19-23(4,5)22(24(6,7)20-14-11-17-2)25(8,9)21-15-12-18-3/h10-15H2,1-9H3/q-1. The van der Waals surface area contributed by atoms with E-state index in [1.165, 1.54) is 0 Å². The molecular weight excluding hydrogens is 389 g/mol. The van der Waals surface area contributed by atoms with E-state index in [0.29, 0.717) is 39.6 Å². The van der Waals surface area contributed by atoms with Gasteiger partial charge in [0.05, 0.1) is 39.6 Å². The molecule has 0 atom stereocenters. The van der Waals surface area contributed by atoms with Crippen LogP contribution in [0, 0.1) is 0 Å². The van der Waals surface area contributed by atoms with Crippen LogP contribution in [-0.2, 0) is 27.5 Å². The van der Waals surface area contributed by atoms with Crippen molar-refractivity contribution in [3.63, 3.8) is 0 Å². The van der Waals surface area contributed by atoms with Crippen LogP contribution in [0.2, 0.25) is 39.3 Å². The molecule has 0 amide bonds. The van der Waals surface area contributed by atoms with Crippen LogP contribution in [-0.4, -0.2) is 91.8 Å². The van der Waals surface area contributed by atoms with Crippen molar-refractivity contribution in [2.24, 2.45) is 0 Å². The van der Waals surface area contributed by atoms with Crippen LogP contribution in [0.15, 0.2) is 0 Å². The Labute approximate surface area is 158 Å². The molecule has 0 spiro atoms. The Hall–Kier alpha value is 0.628. The van der Waals surface area contributed by atoms with E-state index in [0.717, 1.165) is 0 Å². The van der Waals surface area contributed by atoms with Gasteiger partial charge in [-0.05, 0) is 0 Å². The molecule has 0 fully saturated rings. The third kappa shape index (κ3) is 9.40. The highest BCUT2D eigenvalue weighted by Gasteiger charge is 2.43. The first-order valence-electron chi connectivity index (χ1n) is 8.82. The SMILES string of the molecule is COCCO[Si](C)(C)[Si-]([Si](C)(C)OCCOC)[Si](C)(C)OCCOC. The Balaban J connectivity index is 5.39. The zero-order valence-electron chi connectivity index (χ0n) is 17.7. The van der Waals surface area contributed by atoms with Gasteiger partial charge < -0.3 is 27.5 Å². The average molecular weight is 428 g/mol. The van der Waals surface area contributed by atoms with Gasteiger partial charge in [0.2, 0.25) is 0 Å². The summed E-state index contributed by atoms with van der Waals surface area (Å²) in [6, 6.07) is 0. The molecule has 25 heavy (non-hydrogen) atoms. The number of methoxy groups -OCH3 is 3. The van der Waals surface area contributed by atoms with Gasteiger partial charge in [0.25, 0.3) is 0 Å². The molecule has 0 aromatic carbocycles. The highest BCUT2D eigenvalue weighted by Crippen LogP contribution is 2.28. The fourth-order valence-electron chi connectivity index (χ4n) is 3.53.